The van der Waals surface area contributed by atoms with Gasteiger partial charge in [0.2, 0.25) is 5.91 Å². The molecule has 3 heteroatoms. The second kappa shape index (κ2) is 6.71. The molecule has 104 valence electrons. The number of morpholine rings is 1. The van der Waals surface area contributed by atoms with Gasteiger partial charge in [-0.15, -0.1) is 0 Å². The van der Waals surface area contributed by atoms with E-state index in [-0.39, 0.29) is 5.91 Å². The molecule has 1 saturated heterocycles. The van der Waals surface area contributed by atoms with Crippen LogP contribution >= 0.6 is 0 Å². The zero-order valence-corrected chi connectivity index (χ0v) is 11.9. The number of amides is 1. The minimum atomic E-state index is 0.247. The molecule has 0 atom stereocenters. The van der Waals surface area contributed by atoms with Gasteiger partial charge in [-0.2, -0.15) is 0 Å². The van der Waals surface area contributed by atoms with E-state index in [1.165, 1.54) is 11.1 Å². The average molecular weight is 261 g/mol. The fourth-order valence-electron chi connectivity index (χ4n) is 2.29. The summed E-state index contributed by atoms with van der Waals surface area (Å²) in [6.45, 7) is 7.22. The monoisotopic (exact) mass is 261 g/mol. The van der Waals surface area contributed by atoms with E-state index in [0.717, 1.165) is 19.5 Å². The highest BCUT2D eigenvalue weighted by Crippen LogP contribution is 2.15. The standard InChI is InChI=1S/C16H23NO2/c1-13(2)15-6-3-14(4-7-15)5-8-16(18)17-9-11-19-12-10-17/h3-4,6-7,13H,5,8-12H2,1-2H3. The van der Waals surface area contributed by atoms with E-state index in [4.69, 9.17) is 4.74 Å². The molecule has 0 radical (unpaired) electrons. The van der Waals surface area contributed by atoms with E-state index >= 15 is 0 Å². The number of carbonyl (C=O) groups excluding carboxylic acids is 1. The van der Waals surface area contributed by atoms with Crippen molar-refractivity contribution in [3.63, 3.8) is 0 Å². The molecule has 0 saturated carbocycles. The van der Waals surface area contributed by atoms with Crippen LogP contribution in [-0.2, 0) is 16.0 Å². The second-order valence-corrected chi connectivity index (χ2v) is 5.39. The van der Waals surface area contributed by atoms with Crippen molar-refractivity contribution in [2.45, 2.75) is 32.6 Å². The van der Waals surface area contributed by atoms with Crippen LogP contribution in [0.15, 0.2) is 24.3 Å². The molecule has 0 unspecified atom stereocenters. The number of carbonyl (C=O) groups is 1. The van der Waals surface area contributed by atoms with Crippen LogP contribution in [0.1, 0.15) is 37.3 Å². The number of ether oxygens (including phenoxy) is 1. The van der Waals surface area contributed by atoms with Gasteiger partial charge in [-0.3, -0.25) is 4.79 Å². The van der Waals surface area contributed by atoms with Crippen molar-refractivity contribution in [3.8, 4) is 0 Å². The lowest BCUT2D eigenvalue weighted by atomic mass is 10.0. The molecule has 2 rings (SSSR count). The first-order chi connectivity index (χ1) is 9.16. The van der Waals surface area contributed by atoms with Crippen molar-refractivity contribution in [3.05, 3.63) is 35.4 Å². The van der Waals surface area contributed by atoms with Gasteiger partial charge in [-0.25, -0.2) is 0 Å². The normalized spacial score (nSPS) is 15.8. The van der Waals surface area contributed by atoms with Gasteiger partial charge >= 0.3 is 0 Å². The van der Waals surface area contributed by atoms with Gasteiger partial charge < -0.3 is 9.64 Å². The van der Waals surface area contributed by atoms with Crippen LogP contribution in [0.25, 0.3) is 0 Å². The Bertz CT molecular complexity index is 405. The Hall–Kier alpha value is -1.35. The van der Waals surface area contributed by atoms with Crippen molar-refractivity contribution in [1.29, 1.82) is 0 Å². The predicted molar refractivity (Wildman–Crippen MR) is 76.3 cm³/mol. The first kappa shape index (κ1) is 14.1. The Morgan fingerprint density at radius 2 is 1.84 bits per heavy atom. The van der Waals surface area contributed by atoms with Gasteiger partial charge in [0.15, 0.2) is 0 Å². The van der Waals surface area contributed by atoms with Crippen molar-refractivity contribution in [2.24, 2.45) is 0 Å². The highest BCUT2D eigenvalue weighted by atomic mass is 16.5. The number of aryl methyl sites for hydroxylation is 1. The Morgan fingerprint density at radius 3 is 2.42 bits per heavy atom. The van der Waals surface area contributed by atoms with Crippen LogP contribution in [0.3, 0.4) is 0 Å². The quantitative estimate of drug-likeness (QED) is 0.834. The Kier molecular flexibility index (Phi) is 4.97. The molecular weight excluding hydrogens is 238 g/mol. The van der Waals surface area contributed by atoms with Crippen LogP contribution in [-0.4, -0.2) is 37.1 Å². The van der Waals surface area contributed by atoms with Crippen LogP contribution in [0.5, 0.6) is 0 Å². The molecule has 1 heterocycles. The van der Waals surface area contributed by atoms with Crippen molar-refractivity contribution in [1.82, 2.24) is 4.90 Å². The summed E-state index contributed by atoms with van der Waals surface area (Å²) in [6.07, 6.45) is 1.43. The maximum atomic E-state index is 12.0. The maximum absolute atomic E-state index is 12.0. The van der Waals surface area contributed by atoms with E-state index in [0.29, 0.717) is 25.6 Å². The summed E-state index contributed by atoms with van der Waals surface area (Å²) in [5.74, 6) is 0.806. The third kappa shape index (κ3) is 4.06. The molecular formula is C16H23NO2. The Labute approximate surface area is 115 Å². The molecule has 1 aromatic carbocycles. The highest BCUT2D eigenvalue weighted by molar-refractivity contribution is 5.76. The third-order valence-corrected chi connectivity index (χ3v) is 3.64. The van der Waals surface area contributed by atoms with Crippen LogP contribution in [0, 0.1) is 0 Å². The lowest BCUT2D eigenvalue weighted by molar-refractivity contribution is -0.135. The highest BCUT2D eigenvalue weighted by Gasteiger charge is 2.16. The Morgan fingerprint density at radius 1 is 1.21 bits per heavy atom. The molecule has 1 aromatic rings. The topological polar surface area (TPSA) is 29.5 Å². The minimum absolute atomic E-state index is 0.247. The summed E-state index contributed by atoms with van der Waals surface area (Å²) in [7, 11) is 0. The van der Waals surface area contributed by atoms with E-state index in [9.17, 15) is 4.79 Å². The second-order valence-electron chi connectivity index (χ2n) is 5.39. The first-order valence-corrected chi connectivity index (χ1v) is 7.11. The third-order valence-electron chi connectivity index (χ3n) is 3.64. The zero-order chi connectivity index (χ0) is 13.7. The van der Waals surface area contributed by atoms with Gasteiger partial charge in [0.25, 0.3) is 0 Å². The SMILES string of the molecule is CC(C)c1ccc(CCC(=O)N2CCOCC2)cc1. The van der Waals surface area contributed by atoms with Gasteiger partial charge in [-0.05, 0) is 23.5 Å². The molecule has 0 spiro atoms. The molecule has 1 fully saturated rings. The van der Waals surface area contributed by atoms with Crippen molar-refractivity contribution >= 4 is 5.91 Å². The lowest BCUT2D eigenvalue weighted by Crippen LogP contribution is -2.40. The molecule has 3 nitrogen and oxygen atoms in total. The first-order valence-electron chi connectivity index (χ1n) is 7.11. The van der Waals surface area contributed by atoms with Crippen LogP contribution in [0.4, 0.5) is 0 Å². The van der Waals surface area contributed by atoms with Crippen LogP contribution in [0.2, 0.25) is 0 Å². The largest absolute Gasteiger partial charge is 0.378 e. The van der Waals surface area contributed by atoms with E-state index in [1.807, 2.05) is 4.90 Å². The number of hydrogen-bond acceptors (Lipinski definition) is 2. The molecule has 19 heavy (non-hydrogen) atoms. The molecule has 0 aliphatic carbocycles. The van der Waals surface area contributed by atoms with Crippen molar-refractivity contribution in [2.75, 3.05) is 26.3 Å². The van der Waals surface area contributed by atoms with Gasteiger partial charge in [-0.1, -0.05) is 38.1 Å². The number of rotatable bonds is 4. The minimum Gasteiger partial charge on any atom is -0.378 e. The zero-order valence-electron chi connectivity index (χ0n) is 11.9. The fraction of sp³-hybridized carbons (Fsp3) is 0.562. The number of nitrogens with zero attached hydrogens (tertiary/aromatic N) is 1. The van der Waals surface area contributed by atoms with Crippen molar-refractivity contribution < 1.29 is 9.53 Å². The molecule has 1 aliphatic heterocycles. The van der Waals surface area contributed by atoms with Gasteiger partial charge in [0.05, 0.1) is 13.2 Å². The lowest BCUT2D eigenvalue weighted by Gasteiger charge is -2.26. The molecule has 0 N–H and O–H groups in total. The molecule has 0 aromatic heterocycles. The molecule has 0 bridgehead atoms. The van der Waals surface area contributed by atoms with E-state index in [2.05, 4.69) is 38.1 Å². The summed E-state index contributed by atoms with van der Waals surface area (Å²) < 4.78 is 5.25. The number of hydrogen-bond donors (Lipinski definition) is 0. The van der Waals surface area contributed by atoms with E-state index in [1.54, 1.807) is 0 Å². The Balaban J connectivity index is 1.82. The maximum Gasteiger partial charge on any atom is 0.223 e. The summed E-state index contributed by atoms with van der Waals surface area (Å²) >= 11 is 0. The van der Waals surface area contributed by atoms with Gasteiger partial charge in [0, 0.05) is 19.5 Å². The van der Waals surface area contributed by atoms with Gasteiger partial charge in [0.1, 0.15) is 0 Å². The molecule has 1 aliphatic rings. The summed E-state index contributed by atoms with van der Waals surface area (Å²) in [5, 5.41) is 0. The fourth-order valence-corrected chi connectivity index (χ4v) is 2.29. The van der Waals surface area contributed by atoms with Crippen LogP contribution < -0.4 is 0 Å². The smallest absolute Gasteiger partial charge is 0.223 e. The summed E-state index contributed by atoms with van der Waals surface area (Å²) in [6, 6.07) is 8.61. The predicted octanol–water partition coefficient (Wildman–Crippen LogP) is 2.60. The summed E-state index contributed by atoms with van der Waals surface area (Å²) in [4.78, 5) is 13.9. The van der Waals surface area contributed by atoms with E-state index < -0.39 is 0 Å². The average Bonchev–Trinajstić information content (AvgIpc) is 2.46. The summed E-state index contributed by atoms with van der Waals surface area (Å²) in [5.41, 5.74) is 2.59. The molecule has 1 amide bonds. The number of benzene rings is 1.